The third-order valence-electron chi connectivity index (χ3n) is 15.6. The zero-order chi connectivity index (χ0) is 55.4. The highest BCUT2D eigenvalue weighted by atomic mass is 16.5. The van der Waals surface area contributed by atoms with E-state index in [2.05, 4.69) is 97.0 Å². The number of aryl methyl sites for hydroxylation is 1. The lowest BCUT2D eigenvalue weighted by molar-refractivity contribution is 0.0692. The number of imide groups is 2. The molecular weight excluding hydrogens is 985 g/mol. The monoisotopic (exact) mass is 1040 g/mol. The minimum atomic E-state index is -0.439. The predicted molar refractivity (Wildman–Crippen MR) is 307 cm³/mol. The van der Waals surface area contributed by atoms with Crippen LogP contribution in [0.5, 0.6) is 46.0 Å². The summed E-state index contributed by atoms with van der Waals surface area (Å²) in [5.41, 5.74) is 8.83. The third-order valence-corrected chi connectivity index (χ3v) is 15.6. The number of anilines is 1. The number of nitrogens with zero attached hydrogens (tertiary/aromatic N) is 2. The summed E-state index contributed by atoms with van der Waals surface area (Å²) in [4.78, 5) is 54.6. The molecule has 0 spiro atoms. The van der Waals surface area contributed by atoms with Crippen LogP contribution >= 0.6 is 0 Å². The number of carbonyl (C=O) groups is 4. The van der Waals surface area contributed by atoms with Gasteiger partial charge in [-0.3, -0.25) is 24.1 Å². The molecule has 0 saturated carbocycles. The maximum atomic E-state index is 13.8. The lowest BCUT2D eigenvalue weighted by atomic mass is 9.74. The van der Waals surface area contributed by atoms with Crippen LogP contribution in [0.4, 0.5) is 5.69 Å². The van der Waals surface area contributed by atoms with Crippen LogP contribution in [0.15, 0.2) is 206 Å². The lowest BCUT2D eigenvalue weighted by Gasteiger charge is -2.29. The summed E-state index contributed by atoms with van der Waals surface area (Å²) < 4.78 is 24.6. The van der Waals surface area contributed by atoms with Crippen LogP contribution in [0.2, 0.25) is 0 Å². The van der Waals surface area contributed by atoms with Crippen LogP contribution < -0.4 is 23.8 Å². The summed E-state index contributed by atoms with van der Waals surface area (Å²) in [6.45, 7) is 15.2. The molecule has 9 aromatic rings. The summed E-state index contributed by atoms with van der Waals surface area (Å²) in [7, 11) is 1.47. The molecule has 0 N–H and O–H groups in total. The third kappa shape index (κ3) is 9.93. The Labute approximate surface area is 460 Å². The zero-order valence-corrected chi connectivity index (χ0v) is 45.3. The summed E-state index contributed by atoms with van der Waals surface area (Å²) >= 11 is 0. The minimum absolute atomic E-state index is 0.222. The fourth-order valence-corrected chi connectivity index (χ4v) is 10.3. The minimum Gasteiger partial charge on any atom is -0.457 e. The van der Waals surface area contributed by atoms with Crippen molar-refractivity contribution in [3.05, 3.63) is 267 Å². The van der Waals surface area contributed by atoms with Crippen molar-refractivity contribution < 1.29 is 38.1 Å². The van der Waals surface area contributed by atoms with Crippen LogP contribution in [-0.2, 0) is 16.2 Å². The van der Waals surface area contributed by atoms with Gasteiger partial charge in [-0.05, 0) is 162 Å². The van der Waals surface area contributed by atoms with Crippen LogP contribution in [0.3, 0.4) is 0 Å². The molecule has 0 bridgehead atoms. The van der Waals surface area contributed by atoms with Gasteiger partial charge in [0, 0.05) is 23.3 Å². The van der Waals surface area contributed by atoms with E-state index in [-0.39, 0.29) is 33.6 Å². The first kappa shape index (κ1) is 51.6. The molecule has 10 nitrogen and oxygen atoms in total. The van der Waals surface area contributed by atoms with E-state index in [1.165, 1.54) is 34.2 Å². The Morgan fingerprint density at radius 2 is 0.532 bits per heavy atom. The van der Waals surface area contributed by atoms with Gasteiger partial charge in [0.25, 0.3) is 23.6 Å². The number of benzene rings is 9. The molecule has 0 aromatic heterocycles. The number of fused-ring (bicyclic) bond motifs is 2. The molecule has 0 fully saturated rings. The second kappa shape index (κ2) is 20.1. The fraction of sp³-hybridized carbons (Fsp3) is 0.159. The average molecular weight is 1040 g/mol. The van der Waals surface area contributed by atoms with Crippen molar-refractivity contribution >= 4 is 29.3 Å². The van der Waals surface area contributed by atoms with Crippen molar-refractivity contribution in [2.24, 2.45) is 0 Å². The molecule has 4 amide bonds. The number of rotatable bonds is 15. The maximum absolute atomic E-state index is 13.8. The van der Waals surface area contributed by atoms with Crippen molar-refractivity contribution in [2.45, 2.75) is 64.7 Å². The van der Waals surface area contributed by atoms with Gasteiger partial charge in [-0.1, -0.05) is 132 Å². The molecule has 9 aromatic carbocycles. The van der Waals surface area contributed by atoms with Crippen LogP contribution in [0.25, 0.3) is 0 Å². The highest BCUT2D eigenvalue weighted by Crippen LogP contribution is 2.40. The smallest absolute Gasteiger partial charge is 0.266 e. The molecule has 2 heterocycles. The quantitative estimate of drug-likeness (QED) is 0.0934. The molecule has 79 heavy (non-hydrogen) atoms. The van der Waals surface area contributed by atoms with Gasteiger partial charge in [-0.2, -0.15) is 0 Å². The molecule has 0 radical (unpaired) electrons. The van der Waals surface area contributed by atoms with E-state index in [0.29, 0.717) is 56.9 Å². The lowest BCUT2D eigenvalue weighted by Crippen LogP contribution is -2.29. The van der Waals surface area contributed by atoms with Gasteiger partial charge < -0.3 is 18.9 Å². The highest BCUT2D eigenvalue weighted by Gasteiger charge is 2.38. The maximum Gasteiger partial charge on any atom is 0.266 e. The Bertz CT molecular complexity index is 3810. The number of ether oxygens (including phenoxy) is 4. The van der Waals surface area contributed by atoms with E-state index in [0.717, 1.165) is 33.1 Å². The van der Waals surface area contributed by atoms with Crippen LogP contribution in [-0.4, -0.2) is 35.6 Å². The van der Waals surface area contributed by atoms with Crippen molar-refractivity contribution in [2.75, 3.05) is 11.9 Å². The van der Waals surface area contributed by atoms with Crippen molar-refractivity contribution in [3.8, 4) is 46.0 Å². The summed E-state index contributed by atoms with van der Waals surface area (Å²) in [6, 6.07) is 65.6. The first-order valence-electron chi connectivity index (χ1n) is 26.2. The van der Waals surface area contributed by atoms with Gasteiger partial charge in [-0.15, -0.1) is 0 Å². The Hall–Kier alpha value is -9.54. The molecule has 0 aliphatic carbocycles. The topological polar surface area (TPSA) is 112 Å². The van der Waals surface area contributed by atoms with Gasteiger partial charge in [0.1, 0.15) is 46.0 Å². The zero-order valence-electron chi connectivity index (χ0n) is 45.3. The summed E-state index contributed by atoms with van der Waals surface area (Å²) in [5.74, 6) is 3.38. The SMILES string of the molecule is Cc1ccc(Oc2ccc(C(C)(C)c3ccc(C(C)(C)c4ccc(Oc5ccc(N6C(=O)c7ccc(Oc8ccc(C(C)(C)c9ccc(Oc%10ccc%11c(c%10)C(=O)N(C)C%11=O)cc9)cc8)cc7C6=O)cc5)cc4)cc3)cc2)cc1. The van der Waals surface area contributed by atoms with Gasteiger partial charge in [0.2, 0.25) is 0 Å². The molecular formula is C69H58N2O8. The van der Waals surface area contributed by atoms with Gasteiger partial charge in [0.05, 0.1) is 27.9 Å². The van der Waals surface area contributed by atoms with E-state index in [9.17, 15) is 19.2 Å². The van der Waals surface area contributed by atoms with Gasteiger partial charge in [0.15, 0.2) is 0 Å². The normalized spacial score (nSPS) is 13.4. The summed E-state index contributed by atoms with van der Waals surface area (Å²) in [6.07, 6.45) is 0. The number of amides is 4. The predicted octanol–water partition coefficient (Wildman–Crippen LogP) is 16.2. The molecule has 11 rings (SSSR count). The van der Waals surface area contributed by atoms with Crippen molar-refractivity contribution in [3.63, 3.8) is 0 Å². The largest absolute Gasteiger partial charge is 0.457 e. The molecule has 0 atom stereocenters. The van der Waals surface area contributed by atoms with Crippen molar-refractivity contribution in [1.82, 2.24) is 4.90 Å². The number of hydrogen-bond donors (Lipinski definition) is 0. The molecule has 10 heteroatoms. The van der Waals surface area contributed by atoms with E-state index < -0.39 is 11.8 Å². The summed E-state index contributed by atoms with van der Waals surface area (Å²) in [5, 5.41) is 0. The highest BCUT2D eigenvalue weighted by molar-refractivity contribution is 6.34. The van der Waals surface area contributed by atoms with E-state index in [1.807, 2.05) is 97.1 Å². The standard InChI is InChI=1S/C69H58N2O8/c1-43-9-25-51(26-10-43)76-52-27-15-46(16-28-52)67(2,3)44-11-13-45(14-12-44)68(4,5)47-17-29-53(30-18-47)77-56-35-23-50(24-36-56)71-65(74)60-40-38-58(42-62(60)66(71)75)79-55-33-21-49(22-34-55)69(6,7)48-19-31-54(32-20-48)78-57-37-39-59-61(41-57)64(73)70(8)63(59)72/h9-42H,1-8H3. The molecule has 2 aliphatic rings. The Morgan fingerprint density at radius 3 is 0.886 bits per heavy atom. The van der Waals surface area contributed by atoms with Crippen LogP contribution in [0, 0.1) is 6.92 Å². The van der Waals surface area contributed by atoms with E-state index in [4.69, 9.17) is 18.9 Å². The average Bonchev–Trinajstić information content (AvgIpc) is 3.96. The molecule has 2 aliphatic heterocycles. The van der Waals surface area contributed by atoms with E-state index >= 15 is 0 Å². The van der Waals surface area contributed by atoms with Gasteiger partial charge in [-0.25, -0.2) is 4.90 Å². The first-order valence-corrected chi connectivity index (χ1v) is 26.2. The Balaban J connectivity index is 0.687. The first-order chi connectivity index (χ1) is 37.8. The number of hydrogen-bond acceptors (Lipinski definition) is 8. The number of carbonyl (C=O) groups excluding carboxylic acids is 4. The van der Waals surface area contributed by atoms with Crippen molar-refractivity contribution in [1.29, 1.82) is 0 Å². The molecule has 0 saturated heterocycles. The second-order valence-electron chi connectivity index (χ2n) is 21.8. The van der Waals surface area contributed by atoms with E-state index in [1.54, 1.807) is 60.7 Å². The van der Waals surface area contributed by atoms with Crippen LogP contribution in [0.1, 0.15) is 122 Å². The molecule has 0 unspecified atom stereocenters. The Kier molecular flexibility index (Phi) is 13.1. The molecule has 392 valence electrons. The Morgan fingerprint density at radius 1 is 0.291 bits per heavy atom. The van der Waals surface area contributed by atoms with Gasteiger partial charge >= 0.3 is 0 Å². The fourth-order valence-electron chi connectivity index (χ4n) is 10.3. The second-order valence-corrected chi connectivity index (χ2v) is 21.8.